The highest BCUT2D eigenvalue weighted by Crippen LogP contribution is 2.42. The Morgan fingerprint density at radius 1 is 0.918 bits per heavy atom. The number of carbonyl (C=O) groups is 3. The Labute approximate surface area is 351 Å². The Balaban J connectivity index is 0.852. The van der Waals surface area contributed by atoms with Crippen molar-refractivity contribution in [1.29, 1.82) is 0 Å². The summed E-state index contributed by atoms with van der Waals surface area (Å²) in [6.07, 6.45) is 1.16. The Morgan fingerprint density at radius 3 is 2.44 bits per heavy atom. The molecule has 310 valence electrons. The maximum Gasteiger partial charge on any atom is 0.326 e. The summed E-state index contributed by atoms with van der Waals surface area (Å²) in [5.74, 6) is -1.93. The Hall–Kier alpha value is -7.93. The molecular formula is C42H38N10O8S. The van der Waals surface area contributed by atoms with E-state index in [9.17, 15) is 34.2 Å². The second kappa shape index (κ2) is 17.9. The number of hydrogen-bond donors (Lipinski definition) is 9. The molecule has 0 saturated heterocycles. The largest absolute Gasteiger partial charge is 0.508 e. The molecule has 10 N–H and O–H groups in total. The number of amides is 2. The molecule has 1 aliphatic carbocycles. The zero-order valence-electron chi connectivity index (χ0n) is 32.4. The van der Waals surface area contributed by atoms with Crippen molar-refractivity contribution >= 4 is 74.6 Å². The second-order valence-corrected chi connectivity index (χ2v) is 14.3. The number of hydrogen-bond acceptors (Lipinski definition) is 13. The van der Waals surface area contributed by atoms with Gasteiger partial charge in [-0.3, -0.25) is 24.2 Å². The minimum atomic E-state index is -1.31. The number of nitrogen functional groups attached to an aromatic ring is 1. The maximum atomic E-state index is 12.9. The van der Waals surface area contributed by atoms with E-state index < -0.39 is 29.4 Å². The number of carboxylic acid groups (broad SMARTS) is 1. The second-order valence-electron chi connectivity index (χ2n) is 13.9. The van der Waals surface area contributed by atoms with Crippen molar-refractivity contribution in [2.75, 3.05) is 29.5 Å². The number of carboxylic acids is 1. The van der Waals surface area contributed by atoms with Crippen LogP contribution in [0.5, 0.6) is 5.75 Å². The van der Waals surface area contributed by atoms with Crippen LogP contribution in [0.4, 0.5) is 17.3 Å². The number of aryl methyl sites for hydroxylation is 1. The Bertz CT molecular complexity index is 2920. The number of H-pyrrole nitrogens is 1. The fourth-order valence-corrected chi connectivity index (χ4v) is 6.80. The summed E-state index contributed by atoms with van der Waals surface area (Å²) >= 11 is 5.46. The lowest BCUT2D eigenvalue weighted by molar-refractivity contribution is -0.139. The lowest BCUT2D eigenvalue weighted by Gasteiger charge is -2.18. The lowest BCUT2D eigenvalue weighted by atomic mass is 9.91. The molecule has 1 atom stereocenters. The number of aromatic hydroxyl groups is 1. The van der Waals surface area contributed by atoms with E-state index in [-0.39, 0.29) is 66.3 Å². The number of phenols is 1. The van der Waals surface area contributed by atoms with Crippen molar-refractivity contribution < 1.29 is 29.0 Å². The molecule has 18 nitrogen and oxygen atoms in total. The predicted octanol–water partition coefficient (Wildman–Crippen LogP) is 3.87. The van der Waals surface area contributed by atoms with Crippen molar-refractivity contribution in [3.63, 3.8) is 0 Å². The quantitative estimate of drug-likeness (QED) is 0.0427. The van der Waals surface area contributed by atoms with Gasteiger partial charge in [0.1, 0.15) is 23.1 Å². The normalized spacial score (nSPS) is 11.6. The SMILES string of the molecule is Cc1cc(NC(=S)NCCNC(=O)CCC(NC(=O)c2ccc(NCc3cnc4nc(N)[nH]c(=O)c4n3)cc2)C(=O)O)ccc1-c1c2ccc(=O)cc-2oc2cc(O)ccc12. The van der Waals surface area contributed by atoms with Crippen LogP contribution in [0.25, 0.3) is 44.6 Å². The molecule has 19 heteroatoms. The van der Waals surface area contributed by atoms with E-state index in [1.54, 1.807) is 30.3 Å². The molecule has 0 saturated carbocycles. The van der Waals surface area contributed by atoms with Crippen LogP contribution in [0, 0.1) is 6.92 Å². The number of nitrogens with one attached hydrogen (secondary N) is 6. The first-order chi connectivity index (χ1) is 29.3. The summed E-state index contributed by atoms with van der Waals surface area (Å²) in [7, 11) is 0. The van der Waals surface area contributed by atoms with Gasteiger partial charge >= 0.3 is 5.97 Å². The van der Waals surface area contributed by atoms with Crippen molar-refractivity contribution in [3.05, 3.63) is 122 Å². The van der Waals surface area contributed by atoms with Crippen molar-refractivity contribution in [3.8, 4) is 28.2 Å². The molecule has 0 fully saturated rings. The zero-order chi connectivity index (χ0) is 43.2. The molecule has 0 radical (unpaired) electrons. The van der Waals surface area contributed by atoms with Gasteiger partial charge in [0.05, 0.1) is 18.4 Å². The summed E-state index contributed by atoms with van der Waals surface area (Å²) in [6, 6.07) is 20.2. The molecule has 7 rings (SSSR count). The lowest BCUT2D eigenvalue weighted by Crippen LogP contribution is -2.42. The molecule has 1 unspecified atom stereocenters. The minimum absolute atomic E-state index is 0.0404. The number of anilines is 3. The average Bonchev–Trinajstić information content (AvgIpc) is 3.22. The highest BCUT2D eigenvalue weighted by molar-refractivity contribution is 7.80. The van der Waals surface area contributed by atoms with Crippen LogP contribution in [0.1, 0.15) is 34.5 Å². The number of nitrogens with two attached hydrogens (primary N) is 1. The van der Waals surface area contributed by atoms with Gasteiger partial charge in [0, 0.05) is 65.1 Å². The number of nitrogens with zero attached hydrogens (tertiary/aromatic N) is 3. The van der Waals surface area contributed by atoms with Gasteiger partial charge in [-0.15, -0.1) is 0 Å². The Kier molecular flexibility index (Phi) is 12.1. The highest BCUT2D eigenvalue weighted by Gasteiger charge is 2.22. The van der Waals surface area contributed by atoms with Crippen LogP contribution >= 0.6 is 12.2 Å². The molecule has 61 heavy (non-hydrogen) atoms. The average molecular weight is 843 g/mol. The summed E-state index contributed by atoms with van der Waals surface area (Å²) in [5, 5.41) is 35.3. The number of phenolic OH excluding ortho intramolecular Hbond substituents is 1. The van der Waals surface area contributed by atoms with Gasteiger partial charge in [-0.1, -0.05) is 6.07 Å². The third-order valence-corrected chi connectivity index (χ3v) is 9.78. The fraction of sp³-hybridized carbons (Fsp3) is 0.167. The maximum absolute atomic E-state index is 12.9. The number of thiocarbonyl (C=S) groups is 1. The first kappa shape index (κ1) is 41.2. The Morgan fingerprint density at radius 2 is 1.67 bits per heavy atom. The van der Waals surface area contributed by atoms with Crippen molar-refractivity contribution in [2.24, 2.45) is 0 Å². The van der Waals surface area contributed by atoms with E-state index in [0.717, 1.165) is 27.6 Å². The van der Waals surface area contributed by atoms with Gasteiger partial charge in [-0.25, -0.2) is 14.8 Å². The van der Waals surface area contributed by atoms with E-state index in [1.165, 1.54) is 36.5 Å². The van der Waals surface area contributed by atoms with E-state index >= 15 is 0 Å². The molecule has 0 bridgehead atoms. The number of fused-ring (bicyclic) bond motifs is 3. The predicted molar refractivity (Wildman–Crippen MR) is 232 cm³/mol. The third-order valence-electron chi connectivity index (χ3n) is 9.53. The first-order valence-corrected chi connectivity index (χ1v) is 19.2. The topological polar surface area (TPSA) is 280 Å². The number of aliphatic carboxylic acids is 1. The van der Waals surface area contributed by atoms with Crippen molar-refractivity contribution in [1.82, 2.24) is 35.9 Å². The third kappa shape index (κ3) is 9.86. The van der Waals surface area contributed by atoms with Gasteiger partial charge in [0.15, 0.2) is 21.7 Å². The summed E-state index contributed by atoms with van der Waals surface area (Å²) in [5.41, 5.74) is 10.9. The molecule has 0 spiro atoms. The van der Waals surface area contributed by atoms with Gasteiger partial charge in [-0.2, -0.15) is 4.98 Å². The van der Waals surface area contributed by atoms with Crippen LogP contribution in [0.3, 0.4) is 0 Å². The molecule has 2 amide bonds. The van der Waals surface area contributed by atoms with Crippen LogP contribution < -0.4 is 43.3 Å². The molecule has 1 aliphatic heterocycles. The van der Waals surface area contributed by atoms with Gasteiger partial charge in [-0.05, 0) is 97.4 Å². The summed E-state index contributed by atoms with van der Waals surface area (Å²) < 4.78 is 5.96. The number of benzene rings is 4. The monoisotopic (exact) mass is 842 g/mol. The van der Waals surface area contributed by atoms with E-state index in [0.29, 0.717) is 33.5 Å². The number of carbonyl (C=O) groups excluding carboxylic acids is 2. The van der Waals surface area contributed by atoms with Crippen LogP contribution in [0.15, 0.2) is 99.1 Å². The van der Waals surface area contributed by atoms with E-state index in [2.05, 4.69) is 46.5 Å². The molecule has 2 aromatic heterocycles. The molecular weight excluding hydrogens is 805 g/mol. The van der Waals surface area contributed by atoms with Crippen molar-refractivity contribution in [2.45, 2.75) is 32.4 Å². The van der Waals surface area contributed by atoms with Gasteiger partial charge in [0.2, 0.25) is 11.9 Å². The summed E-state index contributed by atoms with van der Waals surface area (Å²) in [6.45, 7) is 2.63. The molecule has 5 aromatic rings. The highest BCUT2D eigenvalue weighted by atomic mass is 32.1. The minimum Gasteiger partial charge on any atom is -0.508 e. The number of rotatable bonds is 14. The van der Waals surface area contributed by atoms with Gasteiger partial charge in [0.25, 0.3) is 11.5 Å². The summed E-state index contributed by atoms with van der Waals surface area (Å²) in [4.78, 5) is 76.3. The molecule has 3 aromatic carbocycles. The van der Waals surface area contributed by atoms with Crippen LogP contribution in [-0.4, -0.2) is 72.2 Å². The zero-order valence-corrected chi connectivity index (χ0v) is 33.2. The van der Waals surface area contributed by atoms with Crippen LogP contribution in [-0.2, 0) is 16.1 Å². The smallest absolute Gasteiger partial charge is 0.326 e. The van der Waals surface area contributed by atoms with E-state index in [4.69, 9.17) is 22.4 Å². The molecule has 3 heterocycles. The van der Waals surface area contributed by atoms with Crippen LogP contribution in [0.2, 0.25) is 0 Å². The fourth-order valence-electron chi connectivity index (χ4n) is 6.58. The molecule has 2 aliphatic rings. The van der Waals surface area contributed by atoms with Gasteiger partial charge < -0.3 is 46.9 Å². The number of aromatic amines is 1. The van der Waals surface area contributed by atoms with E-state index in [1.807, 2.05) is 25.1 Å². The number of aromatic nitrogens is 4. The first-order valence-electron chi connectivity index (χ1n) is 18.8. The standard InChI is InChI=1S/C42H38N10O8S/c1-21-16-24(6-9-28(21)35-29-10-7-26(53)17-32(29)60-33-18-27(54)8-11-30(33)35)49-42(61)45-15-14-44-34(55)13-12-31(40(58)59)50-38(56)22-2-4-23(5-3-22)46-19-25-20-47-37-36(48-25)39(57)52-41(43)51-37/h2-11,16-18,20,31,46,53H,12-15,19H2,1H3,(H,44,55)(H,50,56)(H,58,59)(H2,45,49,61)(H3,43,47,51,52,57).